The average molecular weight is 180 g/mol. The monoisotopic (exact) mass is 180 g/mol. The summed E-state index contributed by atoms with van der Waals surface area (Å²) in [6, 6.07) is 0. The molecule has 12 heavy (non-hydrogen) atoms. The summed E-state index contributed by atoms with van der Waals surface area (Å²) in [7, 11) is 0. The van der Waals surface area contributed by atoms with E-state index in [-0.39, 0.29) is 19.0 Å². The Kier molecular flexibility index (Phi) is 1.63. The van der Waals surface area contributed by atoms with E-state index in [9.17, 15) is 13.2 Å². The normalized spacial score (nSPS) is 41.8. The van der Waals surface area contributed by atoms with Crippen molar-refractivity contribution in [2.24, 2.45) is 11.3 Å². The number of nitrogens with one attached hydrogen (secondary N) is 2. The van der Waals surface area contributed by atoms with E-state index in [1.54, 1.807) is 0 Å². The van der Waals surface area contributed by atoms with Gasteiger partial charge < -0.3 is 10.6 Å². The molecule has 70 valence electrons. The summed E-state index contributed by atoms with van der Waals surface area (Å²) in [4.78, 5) is 0. The molecule has 0 aliphatic carbocycles. The fourth-order valence-corrected chi connectivity index (χ4v) is 2.18. The lowest BCUT2D eigenvalue weighted by molar-refractivity contribution is -0.219. The van der Waals surface area contributed by atoms with Crippen LogP contribution < -0.4 is 10.6 Å². The Morgan fingerprint density at radius 1 is 1.08 bits per heavy atom. The maximum atomic E-state index is 12.6. The van der Waals surface area contributed by atoms with Crippen molar-refractivity contribution in [1.29, 1.82) is 0 Å². The van der Waals surface area contributed by atoms with Gasteiger partial charge in [0.1, 0.15) is 0 Å². The third-order valence-corrected chi connectivity index (χ3v) is 3.01. The molecule has 0 saturated carbocycles. The minimum atomic E-state index is -4.06. The van der Waals surface area contributed by atoms with Gasteiger partial charge in [-0.05, 0) is 0 Å². The predicted octanol–water partition coefficient (Wildman–Crippen LogP) is 0.358. The molecule has 2 aliphatic rings. The highest BCUT2D eigenvalue weighted by atomic mass is 19.4. The van der Waals surface area contributed by atoms with Gasteiger partial charge >= 0.3 is 6.18 Å². The number of hydrogen-bond acceptors (Lipinski definition) is 2. The van der Waals surface area contributed by atoms with Gasteiger partial charge in [0.25, 0.3) is 0 Å². The van der Waals surface area contributed by atoms with E-state index < -0.39 is 11.6 Å². The Morgan fingerprint density at radius 2 is 1.58 bits per heavy atom. The molecular formula is C7H11F3N2. The minimum absolute atomic E-state index is 0.0775. The Labute approximate surface area is 68.5 Å². The molecular weight excluding hydrogens is 169 g/mol. The van der Waals surface area contributed by atoms with Crippen LogP contribution in [0.1, 0.15) is 0 Å². The Bertz CT molecular complexity index is 180. The Balaban J connectivity index is 2.28. The quantitative estimate of drug-likeness (QED) is 0.562. The molecule has 0 bridgehead atoms. The number of hydrogen-bond donors (Lipinski definition) is 2. The highest BCUT2D eigenvalue weighted by Crippen LogP contribution is 2.47. The smallest absolute Gasteiger partial charge is 0.315 e. The van der Waals surface area contributed by atoms with Crippen LogP contribution >= 0.6 is 0 Å². The second-order valence-electron chi connectivity index (χ2n) is 3.61. The van der Waals surface area contributed by atoms with Crippen molar-refractivity contribution in [3.05, 3.63) is 0 Å². The van der Waals surface area contributed by atoms with Gasteiger partial charge in [0.05, 0.1) is 5.41 Å². The first-order chi connectivity index (χ1) is 5.56. The van der Waals surface area contributed by atoms with Gasteiger partial charge in [0.15, 0.2) is 0 Å². The summed E-state index contributed by atoms with van der Waals surface area (Å²) in [5.74, 6) is -0.266. The summed E-state index contributed by atoms with van der Waals surface area (Å²) in [6.07, 6.45) is -4.06. The second-order valence-corrected chi connectivity index (χ2v) is 3.61. The van der Waals surface area contributed by atoms with Crippen LogP contribution in [-0.4, -0.2) is 32.4 Å². The highest BCUT2D eigenvalue weighted by Gasteiger charge is 2.63. The number of rotatable bonds is 0. The molecule has 2 rings (SSSR count). The van der Waals surface area contributed by atoms with E-state index in [0.717, 1.165) is 0 Å². The maximum absolute atomic E-state index is 12.6. The SMILES string of the molecule is FC(F)(F)C12CNCC1CNC2. The van der Waals surface area contributed by atoms with Gasteiger partial charge in [-0.15, -0.1) is 0 Å². The highest BCUT2D eigenvalue weighted by molar-refractivity contribution is 5.05. The lowest BCUT2D eigenvalue weighted by Gasteiger charge is -2.29. The van der Waals surface area contributed by atoms with E-state index in [0.29, 0.717) is 13.1 Å². The van der Waals surface area contributed by atoms with Crippen LogP contribution in [0.2, 0.25) is 0 Å². The molecule has 0 aromatic heterocycles. The van der Waals surface area contributed by atoms with Crippen LogP contribution in [0, 0.1) is 11.3 Å². The van der Waals surface area contributed by atoms with Crippen molar-refractivity contribution in [2.75, 3.05) is 26.2 Å². The van der Waals surface area contributed by atoms with Crippen LogP contribution in [0.25, 0.3) is 0 Å². The molecule has 5 heteroatoms. The fraction of sp³-hybridized carbons (Fsp3) is 1.00. The molecule has 0 amide bonds. The fourth-order valence-electron chi connectivity index (χ4n) is 2.18. The van der Waals surface area contributed by atoms with Gasteiger partial charge in [-0.2, -0.15) is 13.2 Å². The zero-order valence-corrected chi connectivity index (χ0v) is 6.54. The third-order valence-electron chi connectivity index (χ3n) is 3.01. The molecule has 0 unspecified atom stereocenters. The first-order valence-electron chi connectivity index (χ1n) is 4.04. The molecule has 0 aromatic rings. The average Bonchev–Trinajstić information content (AvgIpc) is 2.37. The van der Waals surface area contributed by atoms with Crippen molar-refractivity contribution in [3.8, 4) is 0 Å². The molecule has 2 fully saturated rings. The number of fused-ring (bicyclic) bond motifs is 1. The molecule has 0 spiro atoms. The summed E-state index contributed by atoms with van der Waals surface area (Å²) >= 11 is 0. The van der Waals surface area contributed by atoms with E-state index in [4.69, 9.17) is 0 Å². The summed E-state index contributed by atoms with van der Waals surface area (Å²) < 4.78 is 37.9. The minimum Gasteiger partial charge on any atom is -0.315 e. The zero-order chi connectivity index (χ0) is 8.82. The number of alkyl halides is 3. The van der Waals surface area contributed by atoms with Crippen molar-refractivity contribution in [1.82, 2.24) is 10.6 Å². The molecule has 2 N–H and O–H groups in total. The summed E-state index contributed by atoms with van der Waals surface area (Å²) in [5.41, 5.74) is -1.48. The van der Waals surface area contributed by atoms with E-state index >= 15 is 0 Å². The van der Waals surface area contributed by atoms with E-state index in [1.165, 1.54) is 0 Å². The topological polar surface area (TPSA) is 24.1 Å². The first kappa shape index (κ1) is 8.31. The first-order valence-corrected chi connectivity index (χ1v) is 4.04. The van der Waals surface area contributed by atoms with Gasteiger partial charge in [0.2, 0.25) is 0 Å². The van der Waals surface area contributed by atoms with Gasteiger partial charge in [-0.3, -0.25) is 0 Å². The Morgan fingerprint density at radius 3 is 1.92 bits per heavy atom. The van der Waals surface area contributed by atoms with Crippen molar-refractivity contribution in [2.45, 2.75) is 6.18 Å². The van der Waals surface area contributed by atoms with Crippen molar-refractivity contribution >= 4 is 0 Å². The summed E-state index contributed by atoms with van der Waals surface area (Å²) in [5, 5.41) is 5.62. The van der Waals surface area contributed by atoms with Gasteiger partial charge in [-0.1, -0.05) is 0 Å². The van der Waals surface area contributed by atoms with Crippen molar-refractivity contribution in [3.63, 3.8) is 0 Å². The van der Waals surface area contributed by atoms with E-state index in [2.05, 4.69) is 10.6 Å². The molecule has 2 nitrogen and oxygen atoms in total. The summed E-state index contributed by atoms with van der Waals surface area (Å²) in [6.45, 7) is 1.14. The van der Waals surface area contributed by atoms with Crippen LogP contribution in [0.3, 0.4) is 0 Å². The molecule has 0 radical (unpaired) electrons. The van der Waals surface area contributed by atoms with Crippen LogP contribution in [0.15, 0.2) is 0 Å². The van der Waals surface area contributed by atoms with E-state index in [1.807, 2.05) is 0 Å². The predicted molar refractivity (Wildman–Crippen MR) is 37.7 cm³/mol. The van der Waals surface area contributed by atoms with Gasteiger partial charge in [-0.25, -0.2) is 0 Å². The second kappa shape index (κ2) is 2.35. The lowest BCUT2D eigenvalue weighted by atomic mass is 9.80. The van der Waals surface area contributed by atoms with Gasteiger partial charge in [0, 0.05) is 32.1 Å². The lowest BCUT2D eigenvalue weighted by Crippen LogP contribution is -2.45. The molecule has 2 aliphatic heterocycles. The maximum Gasteiger partial charge on any atom is 0.397 e. The molecule has 2 saturated heterocycles. The standard InChI is InChI=1S/C7H11F3N2/c8-7(9,10)6-3-11-1-5(6)2-12-4-6/h5,11-12H,1-4H2. The third kappa shape index (κ3) is 0.894. The molecule has 2 heterocycles. The Hall–Kier alpha value is -0.290. The largest absolute Gasteiger partial charge is 0.397 e. The van der Waals surface area contributed by atoms with Crippen molar-refractivity contribution < 1.29 is 13.2 Å². The zero-order valence-electron chi connectivity index (χ0n) is 6.54. The molecule has 0 atom stereocenters. The van der Waals surface area contributed by atoms with Crippen LogP contribution in [-0.2, 0) is 0 Å². The van der Waals surface area contributed by atoms with Crippen LogP contribution in [0.4, 0.5) is 13.2 Å². The van der Waals surface area contributed by atoms with Crippen LogP contribution in [0.5, 0.6) is 0 Å². The number of halogens is 3. The molecule has 0 aromatic carbocycles.